The van der Waals surface area contributed by atoms with Gasteiger partial charge in [-0.3, -0.25) is 9.69 Å². The summed E-state index contributed by atoms with van der Waals surface area (Å²) in [6, 6.07) is 12.0. The van der Waals surface area contributed by atoms with Crippen molar-refractivity contribution in [2.24, 2.45) is 0 Å². The molecule has 1 heterocycles. The average molecular weight is 336 g/mol. The van der Waals surface area contributed by atoms with Crippen LogP contribution in [-0.4, -0.2) is 29.1 Å². The zero-order valence-electron chi connectivity index (χ0n) is 13.6. The topological polar surface area (TPSA) is 96.7 Å². The first-order chi connectivity index (χ1) is 12.0. The first-order valence-electron chi connectivity index (χ1n) is 7.63. The lowest BCUT2D eigenvalue weighted by Crippen LogP contribution is -2.24. The van der Waals surface area contributed by atoms with Crippen molar-refractivity contribution in [1.82, 2.24) is 4.90 Å². The number of nitrogens with zero attached hydrogens (tertiary/aromatic N) is 3. The maximum atomic E-state index is 12.6. The van der Waals surface area contributed by atoms with Crippen LogP contribution in [0.3, 0.4) is 0 Å². The Morgan fingerprint density at radius 3 is 2.72 bits per heavy atom. The van der Waals surface area contributed by atoms with Crippen LogP contribution >= 0.6 is 0 Å². The van der Waals surface area contributed by atoms with Gasteiger partial charge in [0, 0.05) is 29.5 Å². The minimum Gasteiger partial charge on any atom is -0.465 e. The Bertz CT molecular complexity index is 888. The minimum absolute atomic E-state index is 0.329. The van der Waals surface area contributed by atoms with Crippen LogP contribution in [0.4, 0.5) is 16.2 Å². The lowest BCUT2D eigenvalue weighted by atomic mass is 10.1. The molecular weight excluding hydrogens is 320 g/mol. The van der Waals surface area contributed by atoms with Crippen molar-refractivity contribution in [3.05, 3.63) is 59.2 Å². The van der Waals surface area contributed by atoms with E-state index in [1.807, 2.05) is 12.1 Å². The molecule has 2 aromatic rings. The quantitative estimate of drug-likeness (QED) is 0.840. The molecule has 0 aromatic heterocycles. The van der Waals surface area contributed by atoms with Crippen LogP contribution in [0.2, 0.25) is 0 Å². The van der Waals surface area contributed by atoms with Gasteiger partial charge in [0.25, 0.3) is 5.91 Å². The van der Waals surface area contributed by atoms with Gasteiger partial charge < -0.3 is 15.3 Å². The summed E-state index contributed by atoms with van der Waals surface area (Å²) in [5.74, 6) is -0.329. The van der Waals surface area contributed by atoms with Crippen LogP contribution in [-0.2, 0) is 13.1 Å². The van der Waals surface area contributed by atoms with Gasteiger partial charge in [-0.05, 0) is 29.8 Å². The fraction of sp³-hybridized carbons (Fsp3) is 0.167. The van der Waals surface area contributed by atoms with E-state index in [-0.39, 0.29) is 5.91 Å². The summed E-state index contributed by atoms with van der Waals surface area (Å²) < 4.78 is 0. The van der Waals surface area contributed by atoms with Crippen molar-refractivity contribution < 1.29 is 14.7 Å². The van der Waals surface area contributed by atoms with E-state index in [9.17, 15) is 9.59 Å². The Morgan fingerprint density at radius 1 is 1.24 bits per heavy atom. The van der Waals surface area contributed by atoms with Crippen molar-refractivity contribution in [3.63, 3.8) is 0 Å². The van der Waals surface area contributed by atoms with Gasteiger partial charge in [0.2, 0.25) is 0 Å². The van der Waals surface area contributed by atoms with E-state index in [0.717, 1.165) is 16.0 Å². The molecule has 0 radical (unpaired) electrons. The molecule has 0 aliphatic carbocycles. The van der Waals surface area contributed by atoms with E-state index in [2.05, 4.69) is 11.5 Å². The van der Waals surface area contributed by atoms with Crippen molar-refractivity contribution in [2.45, 2.75) is 13.1 Å². The first kappa shape index (κ1) is 16.3. The molecule has 0 unspecified atom stereocenters. The second-order valence-corrected chi connectivity index (χ2v) is 5.75. The lowest BCUT2D eigenvalue weighted by molar-refractivity contribution is 0.102. The zero-order valence-corrected chi connectivity index (χ0v) is 13.6. The third kappa shape index (κ3) is 3.23. The van der Waals surface area contributed by atoms with Gasteiger partial charge in [0.15, 0.2) is 6.19 Å². The molecular formula is C18H16N4O3. The molecule has 1 aliphatic rings. The maximum Gasteiger partial charge on any atom is 0.411 e. The van der Waals surface area contributed by atoms with Crippen LogP contribution in [0.15, 0.2) is 42.5 Å². The first-order valence-corrected chi connectivity index (χ1v) is 7.63. The predicted molar refractivity (Wildman–Crippen MR) is 92.1 cm³/mol. The van der Waals surface area contributed by atoms with Gasteiger partial charge in [-0.1, -0.05) is 18.2 Å². The fourth-order valence-electron chi connectivity index (χ4n) is 2.77. The molecule has 2 aromatic carbocycles. The SMILES string of the molecule is CN(C(=O)O)c1cccc(C(=O)Nc2cccc3c2CN(C#N)C3)c1. The number of fused-ring (bicyclic) bond motifs is 1. The highest BCUT2D eigenvalue weighted by molar-refractivity contribution is 6.05. The lowest BCUT2D eigenvalue weighted by Gasteiger charge is -2.14. The number of carboxylic acid groups (broad SMARTS) is 1. The van der Waals surface area contributed by atoms with Gasteiger partial charge >= 0.3 is 6.09 Å². The van der Waals surface area contributed by atoms with Crippen LogP contribution in [0.5, 0.6) is 0 Å². The molecule has 1 aliphatic heterocycles. The number of benzene rings is 2. The summed E-state index contributed by atoms with van der Waals surface area (Å²) in [6.07, 6.45) is 1.01. The zero-order chi connectivity index (χ0) is 18.0. The number of anilines is 2. The standard InChI is InChI=1S/C18H16N4O3/c1-21(18(24)25)14-6-2-4-12(8-14)17(23)20-16-7-3-5-13-9-22(11-19)10-15(13)16/h2-8H,9-10H2,1H3,(H,20,23)(H,24,25). The Kier molecular flexibility index (Phi) is 4.27. The number of rotatable bonds is 3. The highest BCUT2D eigenvalue weighted by atomic mass is 16.4. The Balaban J connectivity index is 1.83. The van der Waals surface area contributed by atoms with Gasteiger partial charge in [-0.15, -0.1) is 0 Å². The summed E-state index contributed by atoms with van der Waals surface area (Å²) in [7, 11) is 1.42. The highest BCUT2D eigenvalue weighted by Gasteiger charge is 2.21. The Labute approximate surface area is 144 Å². The van der Waals surface area contributed by atoms with Crippen LogP contribution in [0, 0.1) is 11.5 Å². The minimum atomic E-state index is -1.10. The van der Waals surface area contributed by atoms with Gasteiger partial charge in [-0.2, -0.15) is 5.26 Å². The molecule has 2 N–H and O–H groups in total. The number of hydrogen-bond acceptors (Lipinski definition) is 4. The summed E-state index contributed by atoms with van der Waals surface area (Å²) in [5.41, 5.74) is 3.37. The molecule has 2 amide bonds. The van der Waals surface area contributed by atoms with Gasteiger partial charge in [0.05, 0.1) is 13.1 Å². The predicted octanol–water partition coefficient (Wildman–Crippen LogP) is 2.85. The number of carbonyl (C=O) groups excluding carboxylic acids is 1. The molecule has 3 rings (SSSR count). The molecule has 126 valence electrons. The third-order valence-corrected chi connectivity index (χ3v) is 4.16. The van der Waals surface area contributed by atoms with Crippen LogP contribution in [0.1, 0.15) is 21.5 Å². The molecule has 0 spiro atoms. The molecule has 7 nitrogen and oxygen atoms in total. The molecule has 25 heavy (non-hydrogen) atoms. The number of hydrogen-bond donors (Lipinski definition) is 2. The summed E-state index contributed by atoms with van der Waals surface area (Å²) >= 11 is 0. The molecule has 0 atom stereocenters. The van der Waals surface area contributed by atoms with Gasteiger partial charge in [-0.25, -0.2) is 4.79 Å². The average Bonchev–Trinajstić information content (AvgIpc) is 3.05. The van der Waals surface area contributed by atoms with E-state index in [0.29, 0.717) is 30.0 Å². The largest absolute Gasteiger partial charge is 0.465 e. The second-order valence-electron chi connectivity index (χ2n) is 5.75. The van der Waals surface area contributed by atoms with Crippen molar-refractivity contribution in [3.8, 4) is 6.19 Å². The van der Waals surface area contributed by atoms with Crippen molar-refractivity contribution in [2.75, 3.05) is 17.3 Å². The van der Waals surface area contributed by atoms with E-state index in [1.165, 1.54) is 13.1 Å². The second kappa shape index (κ2) is 6.53. The fourth-order valence-corrected chi connectivity index (χ4v) is 2.77. The normalized spacial score (nSPS) is 12.2. The highest BCUT2D eigenvalue weighted by Crippen LogP contribution is 2.29. The molecule has 0 saturated heterocycles. The number of carbonyl (C=O) groups is 2. The number of amides is 2. The molecule has 7 heteroatoms. The number of nitrogens with one attached hydrogen (secondary N) is 1. The maximum absolute atomic E-state index is 12.6. The summed E-state index contributed by atoms with van der Waals surface area (Å²) in [5, 5.41) is 21.0. The summed E-state index contributed by atoms with van der Waals surface area (Å²) in [4.78, 5) is 26.3. The van der Waals surface area contributed by atoms with Crippen molar-refractivity contribution >= 4 is 23.4 Å². The molecule has 0 fully saturated rings. The van der Waals surface area contributed by atoms with Crippen molar-refractivity contribution in [1.29, 1.82) is 5.26 Å². The van der Waals surface area contributed by atoms with Crippen LogP contribution < -0.4 is 10.2 Å². The van der Waals surface area contributed by atoms with E-state index in [4.69, 9.17) is 10.4 Å². The Morgan fingerprint density at radius 2 is 2.00 bits per heavy atom. The third-order valence-electron chi connectivity index (χ3n) is 4.16. The number of nitriles is 1. The Hall–Kier alpha value is -3.53. The summed E-state index contributed by atoms with van der Waals surface area (Å²) in [6.45, 7) is 0.999. The van der Waals surface area contributed by atoms with E-state index < -0.39 is 6.09 Å². The monoisotopic (exact) mass is 336 g/mol. The smallest absolute Gasteiger partial charge is 0.411 e. The van der Waals surface area contributed by atoms with E-state index in [1.54, 1.807) is 29.2 Å². The molecule has 0 bridgehead atoms. The van der Waals surface area contributed by atoms with Gasteiger partial charge in [0.1, 0.15) is 0 Å². The van der Waals surface area contributed by atoms with E-state index >= 15 is 0 Å². The van der Waals surface area contributed by atoms with Crippen LogP contribution in [0.25, 0.3) is 0 Å². The molecule has 0 saturated carbocycles.